The Kier molecular flexibility index (Phi) is 7.08. The molecule has 0 radical (unpaired) electrons. The Bertz CT molecular complexity index is 822. The monoisotopic (exact) mass is 426 g/mol. The molecule has 0 fully saturated rings. The van der Waals surface area contributed by atoms with E-state index in [1.54, 1.807) is 6.92 Å². The molecule has 1 aromatic carbocycles. The zero-order chi connectivity index (χ0) is 19.4. The lowest BCUT2D eigenvalue weighted by Gasteiger charge is -2.13. The van der Waals surface area contributed by atoms with Crippen LogP contribution in [0.15, 0.2) is 18.5 Å². The lowest BCUT2D eigenvalue weighted by Crippen LogP contribution is -2.20. The minimum Gasteiger partial charge on any atom is -0.465 e. The summed E-state index contributed by atoms with van der Waals surface area (Å²) >= 11 is 17.9. The van der Waals surface area contributed by atoms with Crippen LogP contribution in [0, 0.1) is 5.82 Å². The molecule has 0 saturated heterocycles. The SMILES string of the molecule is CCOC(=O)C(Cl)Cc1cc(-c2ncnc(C(F)F)c2Cl)c(F)cc1Cl. The number of nitrogens with zero attached hydrogens (tertiary/aromatic N) is 2. The van der Waals surface area contributed by atoms with E-state index >= 15 is 0 Å². The number of esters is 1. The first-order chi connectivity index (χ1) is 12.3. The number of alkyl halides is 3. The van der Waals surface area contributed by atoms with Crippen LogP contribution in [0.25, 0.3) is 11.3 Å². The molecule has 0 amide bonds. The van der Waals surface area contributed by atoms with E-state index in [4.69, 9.17) is 39.5 Å². The van der Waals surface area contributed by atoms with Crippen LogP contribution in [0.4, 0.5) is 13.2 Å². The minimum absolute atomic E-state index is 0.0143. The molecule has 1 unspecified atom stereocenters. The number of ether oxygens (including phenoxy) is 1. The molecule has 1 heterocycles. The molecule has 1 atom stereocenters. The van der Waals surface area contributed by atoms with Crippen molar-refractivity contribution < 1.29 is 22.7 Å². The van der Waals surface area contributed by atoms with E-state index in [9.17, 15) is 18.0 Å². The Labute approximate surface area is 162 Å². The van der Waals surface area contributed by atoms with Crippen LogP contribution in [0.3, 0.4) is 0 Å². The molecule has 2 rings (SSSR count). The van der Waals surface area contributed by atoms with Gasteiger partial charge in [-0.05, 0) is 24.6 Å². The molecule has 1 aromatic heterocycles. The van der Waals surface area contributed by atoms with E-state index in [2.05, 4.69) is 9.97 Å². The van der Waals surface area contributed by atoms with E-state index in [1.807, 2.05) is 0 Å². The molecule has 10 heteroatoms. The highest BCUT2D eigenvalue weighted by Gasteiger charge is 2.23. The van der Waals surface area contributed by atoms with Crippen LogP contribution in [0.1, 0.15) is 24.6 Å². The molecule has 26 heavy (non-hydrogen) atoms. The molecule has 2 aromatic rings. The van der Waals surface area contributed by atoms with E-state index in [0.717, 1.165) is 12.4 Å². The second kappa shape index (κ2) is 8.88. The smallest absolute Gasteiger partial charge is 0.324 e. The summed E-state index contributed by atoms with van der Waals surface area (Å²) in [5.74, 6) is -1.47. The fourth-order valence-corrected chi connectivity index (χ4v) is 2.90. The first-order valence-corrected chi connectivity index (χ1v) is 8.53. The summed E-state index contributed by atoms with van der Waals surface area (Å²) < 4.78 is 45.0. The molecule has 0 aliphatic rings. The fourth-order valence-electron chi connectivity index (χ4n) is 2.16. The Morgan fingerprint density at radius 1 is 1.27 bits per heavy atom. The molecule has 0 spiro atoms. The average Bonchev–Trinajstić information content (AvgIpc) is 2.57. The van der Waals surface area contributed by atoms with Gasteiger partial charge >= 0.3 is 5.97 Å². The Morgan fingerprint density at radius 2 is 1.96 bits per heavy atom. The molecule has 0 aliphatic carbocycles. The number of hydrogen-bond acceptors (Lipinski definition) is 4. The largest absolute Gasteiger partial charge is 0.465 e. The van der Waals surface area contributed by atoms with Crippen molar-refractivity contribution in [1.82, 2.24) is 9.97 Å². The van der Waals surface area contributed by atoms with Crippen LogP contribution in [-0.4, -0.2) is 27.9 Å². The summed E-state index contributed by atoms with van der Waals surface area (Å²) in [6.45, 7) is 1.78. The van der Waals surface area contributed by atoms with Gasteiger partial charge in [-0.25, -0.2) is 23.1 Å². The van der Waals surface area contributed by atoms with Crippen molar-refractivity contribution in [2.24, 2.45) is 0 Å². The van der Waals surface area contributed by atoms with Crippen molar-refractivity contribution >= 4 is 40.8 Å². The number of benzene rings is 1. The predicted octanol–water partition coefficient (Wildman–Crippen LogP) is 5.24. The zero-order valence-corrected chi connectivity index (χ0v) is 15.5. The highest BCUT2D eigenvalue weighted by molar-refractivity contribution is 6.34. The average molecular weight is 428 g/mol. The van der Waals surface area contributed by atoms with Gasteiger partial charge in [0, 0.05) is 17.0 Å². The number of aromatic nitrogens is 2. The first kappa shape index (κ1) is 20.7. The summed E-state index contributed by atoms with van der Waals surface area (Å²) in [5, 5.41) is -1.51. The van der Waals surface area contributed by atoms with Gasteiger partial charge < -0.3 is 4.74 Å². The van der Waals surface area contributed by atoms with Gasteiger partial charge in [0.25, 0.3) is 6.43 Å². The number of hydrogen-bond donors (Lipinski definition) is 0. The van der Waals surface area contributed by atoms with Gasteiger partial charge in [-0.3, -0.25) is 4.79 Å². The van der Waals surface area contributed by atoms with Crippen LogP contribution >= 0.6 is 34.8 Å². The second-order valence-electron chi connectivity index (χ2n) is 5.07. The van der Waals surface area contributed by atoms with Gasteiger partial charge in [0.05, 0.1) is 17.3 Å². The van der Waals surface area contributed by atoms with Gasteiger partial charge in [-0.1, -0.05) is 23.2 Å². The quantitative estimate of drug-likeness (QED) is 0.467. The molecular weight excluding hydrogens is 416 g/mol. The summed E-state index contributed by atoms with van der Waals surface area (Å²) in [6, 6.07) is 2.23. The van der Waals surface area contributed by atoms with Crippen LogP contribution < -0.4 is 0 Å². The van der Waals surface area contributed by atoms with E-state index < -0.39 is 34.3 Å². The van der Waals surface area contributed by atoms with Gasteiger partial charge in [-0.15, -0.1) is 11.6 Å². The van der Waals surface area contributed by atoms with Crippen LogP contribution in [0.5, 0.6) is 0 Å². The lowest BCUT2D eigenvalue weighted by molar-refractivity contribution is -0.142. The Morgan fingerprint density at radius 3 is 2.58 bits per heavy atom. The number of carbonyl (C=O) groups is 1. The first-order valence-electron chi connectivity index (χ1n) is 7.33. The summed E-state index contributed by atoms with van der Waals surface area (Å²) in [6.07, 6.45) is -2.15. The van der Waals surface area contributed by atoms with Crippen LogP contribution in [0.2, 0.25) is 10.0 Å². The maximum atomic E-state index is 14.3. The lowest BCUT2D eigenvalue weighted by atomic mass is 10.0. The van der Waals surface area contributed by atoms with Gasteiger partial charge in [0.15, 0.2) is 0 Å². The van der Waals surface area contributed by atoms with E-state index in [-0.39, 0.29) is 29.3 Å². The maximum Gasteiger partial charge on any atom is 0.324 e. The minimum atomic E-state index is -2.95. The zero-order valence-electron chi connectivity index (χ0n) is 13.3. The van der Waals surface area contributed by atoms with Crippen molar-refractivity contribution in [3.05, 3.63) is 45.6 Å². The third kappa shape index (κ3) is 4.58. The molecule has 4 nitrogen and oxygen atoms in total. The third-order valence-corrected chi connectivity index (χ3v) is 4.41. The van der Waals surface area contributed by atoms with Crippen molar-refractivity contribution in [2.75, 3.05) is 6.61 Å². The van der Waals surface area contributed by atoms with Gasteiger partial charge in [0.2, 0.25) is 0 Å². The number of carbonyl (C=O) groups excluding carboxylic acids is 1. The maximum absolute atomic E-state index is 14.3. The summed E-state index contributed by atoms with van der Waals surface area (Å²) in [7, 11) is 0. The van der Waals surface area contributed by atoms with Gasteiger partial charge in [0.1, 0.15) is 23.2 Å². The number of rotatable bonds is 6. The summed E-state index contributed by atoms with van der Waals surface area (Å²) in [4.78, 5) is 18.8. The third-order valence-electron chi connectivity index (χ3n) is 3.36. The van der Waals surface area contributed by atoms with Crippen molar-refractivity contribution in [1.29, 1.82) is 0 Å². The van der Waals surface area contributed by atoms with Crippen LogP contribution in [-0.2, 0) is 16.0 Å². The Hall–Kier alpha value is -1.57. The predicted molar refractivity (Wildman–Crippen MR) is 92.4 cm³/mol. The molecule has 0 saturated carbocycles. The van der Waals surface area contributed by atoms with E-state index in [0.29, 0.717) is 5.56 Å². The summed E-state index contributed by atoms with van der Waals surface area (Å²) in [5.41, 5.74) is -0.778. The standard InChI is InChI=1S/C16H12Cl3F3N2O2/c1-2-26-16(25)10(18)4-7-3-8(11(20)5-9(7)17)13-12(19)14(15(21)22)24-6-23-13/h3,5-6,10,15H,2,4H2,1H3. The number of halogens is 6. The molecule has 0 N–H and O–H groups in total. The topological polar surface area (TPSA) is 52.1 Å². The highest BCUT2D eigenvalue weighted by atomic mass is 35.5. The molecule has 0 aliphatic heterocycles. The Balaban J connectivity index is 2.46. The second-order valence-corrected chi connectivity index (χ2v) is 6.38. The molecule has 0 bridgehead atoms. The van der Waals surface area contributed by atoms with E-state index in [1.165, 1.54) is 6.07 Å². The van der Waals surface area contributed by atoms with Crippen molar-refractivity contribution in [3.8, 4) is 11.3 Å². The molecule has 140 valence electrons. The normalized spacial score (nSPS) is 12.3. The highest BCUT2D eigenvalue weighted by Crippen LogP contribution is 2.36. The van der Waals surface area contributed by atoms with Crippen molar-refractivity contribution in [2.45, 2.75) is 25.1 Å². The van der Waals surface area contributed by atoms with Gasteiger partial charge in [-0.2, -0.15) is 0 Å². The molecular formula is C16H12Cl3F3N2O2. The fraction of sp³-hybridized carbons (Fsp3) is 0.312. The van der Waals surface area contributed by atoms with Crippen molar-refractivity contribution in [3.63, 3.8) is 0 Å².